The summed E-state index contributed by atoms with van der Waals surface area (Å²) in [4.78, 5) is 0. The number of halogens is 1. The van der Waals surface area contributed by atoms with Gasteiger partial charge in [-0.05, 0) is 46.3 Å². The van der Waals surface area contributed by atoms with Crippen molar-refractivity contribution < 1.29 is 4.74 Å². The molecule has 0 spiro atoms. The van der Waals surface area contributed by atoms with E-state index in [4.69, 9.17) is 4.74 Å². The third kappa shape index (κ3) is 2.36. The molecule has 0 radical (unpaired) electrons. The SMILES string of the molecule is COc1cccc(C2CCCCC2)c1Br. The summed E-state index contributed by atoms with van der Waals surface area (Å²) >= 11 is 3.65. The Kier molecular flexibility index (Phi) is 3.68. The van der Waals surface area contributed by atoms with Crippen molar-refractivity contribution in [3.63, 3.8) is 0 Å². The number of hydrogen-bond donors (Lipinski definition) is 0. The molecule has 0 aromatic heterocycles. The first-order chi connectivity index (χ1) is 7.33. The molecule has 15 heavy (non-hydrogen) atoms. The molecule has 0 saturated heterocycles. The molecule has 0 amide bonds. The van der Waals surface area contributed by atoms with Crippen molar-refractivity contribution in [3.05, 3.63) is 28.2 Å². The van der Waals surface area contributed by atoms with Crippen LogP contribution in [0, 0.1) is 0 Å². The van der Waals surface area contributed by atoms with Gasteiger partial charge < -0.3 is 4.74 Å². The van der Waals surface area contributed by atoms with E-state index in [9.17, 15) is 0 Å². The van der Waals surface area contributed by atoms with Crippen LogP contribution in [0.1, 0.15) is 43.6 Å². The zero-order valence-corrected chi connectivity index (χ0v) is 10.7. The molecule has 0 unspecified atom stereocenters. The molecule has 1 aliphatic rings. The fourth-order valence-electron chi connectivity index (χ4n) is 2.41. The van der Waals surface area contributed by atoms with Gasteiger partial charge in [0.2, 0.25) is 0 Å². The van der Waals surface area contributed by atoms with E-state index in [1.54, 1.807) is 7.11 Å². The summed E-state index contributed by atoms with van der Waals surface area (Å²) in [5.41, 5.74) is 1.43. The van der Waals surface area contributed by atoms with Crippen molar-refractivity contribution >= 4 is 15.9 Å². The number of benzene rings is 1. The van der Waals surface area contributed by atoms with Crippen LogP contribution in [0.2, 0.25) is 0 Å². The minimum atomic E-state index is 0.725. The van der Waals surface area contributed by atoms with Gasteiger partial charge in [0.05, 0.1) is 11.6 Å². The Morgan fingerprint density at radius 3 is 2.60 bits per heavy atom. The lowest BCUT2D eigenvalue weighted by Gasteiger charge is -2.23. The largest absolute Gasteiger partial charge is 0.496 e. The monoisotopic (exact) mass is 268 g/mol. The van der Waals surface area contributed by atoms with Crippen LogP contribution in [0.25, 0.3) is 0 Å². The van der Waals surface area contributed by atoms with Crippen molar-refractivity contribution in [1.82, 2.24) is 0 Å². The van der Waals surface area contributed by atoms with Gasteiger partial charge in [-0.2, -0.15) is 0 Å². The lowest BCUT2D eigenvalue weighted by atomic mass is 9.84. The van der Waals surface area contributed by atoms with E-state index in [-0.39, 0.29) is 0 Å². The van der Waals surface area contributed by atoms with Crippen LogP contribution in [0.5, 0.6) is 5.75 Å². The lowest BCUT2D eigenvalue weighted by molar-refractivity contribution is 0.406. The Morgan fingerprint density at radius 2 is 1.93 bits per heavy atom. The minimum absolute atomic E-state index is 0.725. The van der Waals surface area contributed by atoms with Crippen LogP contribution >= 0.6 is 15.9 Å². The van der Waals surface area contributed by atoms with E-state index >= 15 is 0 Å². The Morgan fingerprint density at radius 1 is 1.20 bits per heavy atom. The summed E-state index contributed by atoms with van der Waals surface area (Å²) in [6, 6.07) is 6.33. The first-order valence-corrected chi connectivity index (χ1v) is 6.44. The normalized spacial score (nSPS) is 17.7. The van der Waals surface area contributed by atoms with Gasteiger partial charge in [-0.15, -0.1) is 0 Å². The average molecular weight is 269 g/mol. The molecule has 0 aliphatic heterocycles. The lowest BCUT2D eigenvalue weighted by Crippen LogP contribution is -2.05. The van der Waals surface area contributed by atoms with Crippen molar-refractivity contribution in [2.24, 2.45) is 0 Å². The molecule has 0 atom stereocenters. The van der Waals surface area contributed by atoms with Gasteiger partial charge in [0, 0.05) is 0 Å². The van der Waals surface area contributed by atoms with Gasteiger partial charge in [-0.25, -0.2) is 0 Å². The highest BCUT2D eigenvalue weighted by atomic mass is 79.9. The maximum Gasteiger partial charge on any atom is 0.133 e. The number of methoxy groups -OCH3 is 1. The molecule has 1 aromatic carbocycles. The third-order valence-corrected chi connectivity index (χ3v) is 4.11. The smallest absolute Gasteiger partial charge is 0.133 e. The van der Waals surface area contributed by atoms with E-state index in [1.807, 2.05) is 6.07 Å². The molecule has 82 valence electrons. The molecule has 2 heteroatoms. The maximum atomic E-state index is 5.33. The molecule has 2 rings (SSSR count). The summed E-state index contributed by atoms with van der Waals surface area (Å²) in [6.45, 7) is 0. The first-order valence-electron chi connectivity index (χ1n) is 5.65. The van der Waals surface area contributed by atoms with Crippen LogP contribution in [-0.4, -0.2) is 7.11 Å². The molecule has 0 bridgehead atoms. The summed E-state index contributed by atoms with van der Waals surface area (Å²) in [5.74, 6) is 1.68. The second-order valence-electron chi connectivity index (χ2n) is 4.20. The van der Waals surface area contributed by atoms with E-state index in [0.717, 1.165) is 16.1 Å². The molecule has 0 heterocycles. The van der Waals surface area contributed by atoms with Crippen LogP contribution < -0.4 is 4.74 Å². The summed E-state index contributed by atoms with van der Waals surface area (Å²) < 4.78 is 6.48. The standard InChI is InChI=1S/C13H17BrO/c1-15-12-9-5-8-11(13(12)14)10-6-3-2-4-7-10/h5,8-10H,2-4,6-7H2,1H3. The van der Waals surface area contributed by atoms with Crippen LogP contribution in [-0.2, 0) is 0 Å². The molecule has 1 saturated carbocycles. The highest BCUT2D eigenvalue weighted by Gasteiger charge is 2.19. The van der Waals surface area contributed by atoms with E-state index in [2.05, 4.69) is 28.1 Å². The fourth-order valence-corrected chi connectivity index (χ4v) is 3.16. The van der Waals surface area contributed by atoms with Crippen LogP contribution in [0.15, 0.2) is 22.7 Å². The quantitative estimate of drug-likeness (QED) is 0.767. The van der Waals surface area contributed by atoms with Crippen molar-refractivity contribution in [1.29, 1.82) is 0 Å². The van der Waals surface area contributed by atoms with Crippen LogP contribution in [0.4, 0.5) is 0 Å². The fraction of sp³-hybridized carbons (Fsp3) is 0.538. The Hall–Kier alpha value is -0.500. The number of hydrogen-bond acceptors (Lipinski definition) is 1. The van der Waals surface area contributed by atoms with Gasteiger partial charge in [0.15, 0.2) is 0 Å². The van der Waals surface area contributed by atoms with E-state index < -0.39 is 0 Å². The Labute approximate surface area is 100.0 Å². The van der Waals surface area contributed by atoms with Gasteiger partial charge >= 0.3 is 0 Å². The first kappa shape index (κ1) is 11.0. The number of rotatable bonds is 2. The highest BCUT2D eigenvalue weighted by molar-refractivity contribution is 9.10. The third-order valence-electron chi connectivity index (χ3n) is 3.26. The molecule has 1 fully saturated rings. The minimum Gasteiger partial charge on any atom is -0.496 e. The molecule has 1 aliphatic carbocycles. The number of ether oxygens (including phenoxy) is 1. The Bertz CT molecular complexity index is 329. The molecule has 1 nitrogen and oxygen atoms in total. The summed E-state index contributed by atoms with van der Waals surface area (Å²) in [6.07, 6.45) is 6.79. The van der Waals surface area contributed by atoms with Gasteiger partial charge in [-0.1, -0.05) is 31.4 Å². The van der Waals surface area contributed by atoms with Crippen molar-refractivity contribution in [3.8, 4) is 5.75 Å². The van der Waals surface area contributed by atoms with Gasteiger partial charge in [0.25, 0.3) is 0 Å². The zero-order chi connectivity index (χ0) is 10.7. The van der Waals surface area contributed by atoms with E-state index in [1.165, 1.54) is 37.7 Å². The van der Waals surface area contributed by atoms with E-state index in [0.29, 0.717) is 0 Å². The second-order valence-corrected chi connectivity index (χ2v) is 4.99. The topological polar surface area (TPSA) is 9.23 Å². The second kappa shape index (κ2) is 5.02. The average Bonchev–Trinajstić information content (AvgIpc) is 2.30. The van der Waals surface area contributed by atoms with Crippen molar-refractivity contribution in [2.45, 2.75) is 38.0 Å². The predicted octanol–water partition coefficient (Wildman–Crippen LogP) is 4.51. The van der Waals surface area contributed by atoms with Crippen molar-refractivity contribution in [2.75, 3.05) is 7.11 Å². The predicted molar refractivity (Wildman–Crippen MR) is 66.5 cm³/mol. The van der Waals surface area contributed by atoms with Gasteiger partial charge in [0.1, 0.15) is 5.75 Å². The summed E-state index contributed by atoms with van der Waals surface area (Å²) in [7, 11) is 1.73. The van der Waals surface area contributed by atoms with Gasteiger partial charge in [-0.3, -0.25) is 0 Å². The molecular formula is C13H17BrO. The summed E-state index contributed by atoms with van der Waals surface area (Å²) in [5, 5.41) is 0. The Balaban J connectivity index is 2.26. The van der Waals surface area contributed by atoms with Crippen LogP contribution in [0.3, 0.4) is 0 Å². The molecule has 1 aromatic rings. The maximum absolute atomic E-state index is 5.33. The molecule has 0 N–H and O–H groups in total. The zero-order valence-electron chi connectivity index (χ0n) is 9.13. The molecular weight excluding hydrogens is 252 g/mol. The highest BCUT2D eigenvalue weighted by Crippen LogP contribution is 2.39.